The van der Waals surface area contributed by atoms with Crippen LogP contribution in [0.2, 0.25) is 0 Å². The predicted octanol–water partition coefficient (Wildman–Crippen LogP) is 2.79. The molecule has 12 nitrogen and oxygen atoms in total. The number of fused-ring (bicyclic) bond motifs is 8. The van der Waals surface area contributed by atoms with E-state index in [1.54, 1.807) is 0 Å². The summed E-state index contributed by atoms with van der Waals surface area (Å²) in [6.07, 6.45) is -3.87. The van der Waals surface area contributed by atoms with Gasteiger partial charge in [-0.15, -0.1) is 0 Å². The molecule has 0 radical (unpaired) electrons. The molecule has 3 aliphatic heterocycles. The first-order valence-electron chi connectivity index (χ1n) is 12.9. The molecule has 3 heterocycles. The highest BCUT2D eigenvalue weighted by molar-refractivity contribution is 5.66. The summed E-state index contributed by atoms with van der Waals surface area (Å²) in [4.78, 5) is 0. The van der Waals surface area contributed by atoms with Crippen LogP contribution in [0.5, 0.6) is 57.5 Å². The summed E-state index contributed by atoms with van der Waals surface area (Å²) in [6, 6.07) is 11.6. The molecule has 0 spiro atoms. The summed E-state index contributed by atoms with van der Waals surface area (Å²) < 4.78 is 18.7. The first-order chi connectivity index (χ1) is 20.0. The molecule has 12 heteroatoms. The second-order valence-corrected chi connectivity index (χ2v) is 10.6. The third kappa shape index (κ3) is 3.49. The third-order valence-electron chi connectivity index (χ3n) is 8.04. The van der Waals surface area contributed by atoms with E-state index in [1.807, 2.05) is 0 Å². The molecule has 9 N–H and O–H groups in total. The molecule has 0 aromatic heterocycles. The van der Waals surface area contributed by atoms with Crippen LogP contribution in [0.3, 0.4) is 0 Å². The van der Waals surface area contributed by atoms with Gasteiger partial charge in [-0.05, 0) is 35.9 Å². The monoisotopic (exact) mass is 576 g/mol. The normalized spacial score (nSPS) is 25.2. The number of aliphatic hydroxyl groups is 2. The molecule has 7 rings (SSSR count). The SMILES string of the molecule is Oc1ccc2c(c1)O[C@@]1(c3cc(O)c(O)c(O)c3)Oc3cc(O)c4c(c3[C@@H]2[C@@H]1O)O[C@H](c1ccc(O)c(O)c1)[C@@H](O)C4. The molecular weight excluding hydrogens is 552 g/mol. The van der Waals surface area contributed by atoms with E-state index in [1.165, 1.54) is 42.5 Å². The Labute approximate surface area is 236 Å². The maximum Gasteiger partial charge on any atom is 0.305 e. The van der Waals surface area contributed by atoms with Gasteiger partial charge in [0.1, 0.15) is 41.0 Å². The Kier molecular flexibility index (Phi) is 5.30. The minimum atomic E-state index is -2.14. The molecule has 4 aromatic carbocycles. The van der Waals surface area contributed by atoms with Crippen LogP contribution in [0.4, 0.5) is 0 Å². The summed E-state index contributed by atoms with van der Waals surface area (Å²) >= 11 is 0. The maximum absolute atomic E-state index is 11.9. The van der Waals surface area contributed by atoms with Crippen molar-refractivity contribution in [1.29, 1.82) is 0 Å². The van der Waals surface area contributed by atoms with E-state index in [0.717, 1.165) is 12.1 Å². The van der Waals surface area contributed by atoms with Crippen LogP contribution in [0.15, 0.2) is 54.6 Å². The van der Waals surface area contributed by atoms with Gasteiger partial charge < -0.3 is 60.2 Å². The zero-order chi connectivity index (χ0) is 29.7. The molecule has 0 aliphatic carbocycles. The number of hydrogen-bond acceptors (Lipinski definition) is 12. The first kappa shape index (κ1) is 25.7. The fourth-order valence-corrected chi connectivity index (χ4v) is 6.05. The summed E-state index contributed by atoms with van der Waals surface area (Å²) in [7, 11) is 0. The Balaban J connectivity index is 1.46. The van der Waals surface area contributed by atoms with E-state index in [0.29, 0.717) is 11.1 Å². The number of hydrogen-bond donors (Lipinski definition) is 9. The average Bonchev–Trinajstić information content (AvgIpc) is 2.93. The van der Waals surface area contributed by atoms with Crippen LogP contribution in [-0.4, -0.2) is 58.2 Å². The van der Waals surface area contributed by atoms with Gasteiger partial charge in [-0.25, -0.2) is 0 Å². The zero-order valence-corrected chi connectivity index (χ0v) is 21.5. The van der Waals surface area contributed by atoms with Crippen LogP contribution in [0.25, 0.3) is 0 Å². The number of phenols is 7. The quantitative estimate of drug-likeness (QED) is 0.158. The summed E-state index contributed by atoms with van der Waals surface area (Å²) in [5.41, 5.74) is 1.18. The van der Waals surface area contributed by atoms with Crippen molar-refractivity contribution in [3.63, 3.8) is 0 Å². The van der Waals surface area contributed by atoms with Crippen molar-refractivity contribution in [2.45, 2.75) is 36.4 Å². The van der Waals surface area contributed by atoms with E-state index >= 15 is 0 Å². The smallest absolute Gasteiger partial charge is 0.305 e. The number of ether oxygens (including phenoxy) is 3. The lowest BCUT2D eigenvalue weighted by molar-refractivity contribution is -0.218. The fraction of sp³-hybridized carbons (Fsp3) is 0.200. The van der Waals surface area contributed by atoms with Crippen molar-refractivity contribution in [2.24, 2.45) is 0 Å². The van der Waals surface area contributed by atoms with Crippen LogP contribution in [-0.2, 0) is 12.2 Å². The number of aliphatic hydroxyl groups excluding tert-OH is 2. The number of aromatic hydroxyl groups is 7. The molecule has 42 heavy (non-hydrogen) atoms. The molecule has 0 saturated heterocycles. The zero-order valence-electron chi connectivity index (χ0n) is 21.5. The van der Waals surface area contributed by atoms with E-state index in [4.69, 9.17) is 14.2 Å². The van der Waals surface area contributed by atoms with Gasteiger partial charge in [0.2, 0.25) is 0 Å². The van der Waals surface area contributed by atoms with Gasteiger partial charge in [-0.3, -0.25) is 0 Å². The lowest BCUT2D eigenvalue weighted by Gasteiger charge is -2.50. The van der Waals surface area contributed by atoms with Gasteiger partial charge in [-0.1, -0.05) is 12.1 Å². The van der Waals surface area contributed by atoms with Gasteiger partial charge in [0.05, 0.1) is 12.0 Å². The molecule has 5 atom stereocenters. The standard InChI is InChI=1S/C30H24O12/c31-13-2-3-14-22(8-13)41-30(12-6-19(35)26(38)20(36)7-12)29(39)24(14)25-23(42-30)10-17(33)15-9-21(37)27(40-28(15)25)11-1-4-16(32)18(34)5-11/h1-8,10,21,24,27,29,31-39H,9H2/t21-,24+,27+,29-,30-/m0/s1. The Bertz CT molecular complexity index is 1760. The van der Waals surface area contributed by atoms with E-state index in [-0.39, 0.29) is 57.6 Å². The van der Waals surface area contributed by atoms with Gasteiger partial charge in [-0.2, -0.15) is 0 Å². The largest absolute Gasteiger partial charge is 0.508 e. The molecular formula is C30H24O12. The molecule has 0 saturated carbocycles. The molecule has 216 valence electrons. The minimum Gasteiger partial charge on any atom is -0.508 e. The molecule has 0 fully saturated rings. The molecule has 0 unspecified atom stereocenters. The highest BCUT2D eigenvalue weighted by Gasteiger charge is 2.59. The lowest BCUT2D eigenvalue weighted by atomic mass is 9.74. The van der Waals surface area contributed by atoms with Gasteiger partial charge >= 0.3 is 5.79 Å². The topological polar surface area (TPSA) is 210 Å². The highest BCUT2D eigenvalue weighted by Crippen LogP contribution is 2.61. The fourth-order valence-electron chi connectivity index (χ4n) is 6.05. The molecule has 3 aliphatic rings. The predicted molar refractivity (Wildman–Crippen MR) is 141 cm³/mol. The van der Waals surface area contributed by atoms with Crippen molar-refractivity contribution in [3.8, 4) is 57.5 Å². The van der Waals surface area contributed by atoms with Crippen LogP contribution in [0.1, 0.15) is 39.8 Å². The van der Waals surface area contributed by atoms with E-state index in [2.05, 4.69) is 0 Å². The van der Waals surface area contributed by atoms with Crippen molar-refractivity contribution in [2.75, 3.05) is 0 Å². The molecule has 0 amide bonds. The van der Waals surface area contributed by atoms with Gasteiger partial charge in [0.25, 0.3) is 0 Å². The van der Waals surface area contributed by atoms with Crippen LogP contribution >= 0.6 is 0 Å². The van der Waals surface area contributed by atoms with Crippen molar-refractivity contribution in [1.82, 2.24) is 0 Å². The average molecular weight is 577 g/mol. The van der Waals surface area contributed by atoms with Gasteiger partial charge in [0.15, 0.2) is 28.7 Å². The highest BCUT2D eigenvalue weighted by atomic mass is 16.7. The second kappa shape index (κ2) is 8.65. The number of rotatable bonds is 2. The van der Waals surface area contributed by atoms with Crippen LogP contribution in [0, 0.1) is 0 Å². The number of benzene rings is 4. The van der Waals surface area contributed by atoms with Crippen molar-refractivity contribution < 1.29 is 60.2 Å². The van der Waals surface area contributed by atoms with Crippen molar-refractivity contribution in [3.05, 3.63) is 82.4 Å². The Morgan fingerprint density at radius 1 is 0.690 bits per heavy atom. The van der Waals surface area contributed by atoms with E-state index < -0.39 is 53.0 Å². The molecule has 4 aromatic rings. The van der Waals surface area contributed by atoms with Gasteiger partial charge in [0, 0.05) is 40.8 Å². The summed E-state index contributed by atoms with van der Waals surface area (Å²) in [5.74, 6) is -6.38. The Morgan fingerprint density at radius 3 is 2.12 bits per heavy atom. The Morgan fingerprint density at radius 2 is 1.40 bits per heavy atom. The minimum absolute atomic E-state index is 0.0102. The lowest BCUT2D eigenvalue weighted by Crippen LogP contribution is -2.57. The van der Waals surface area contributed by atoms with Crippen molar-refractivity contribution >= 4 is 0 Å². The van der Waals surface area contributed by atoms with E-state index in [9.17, 15) is 46.0 Å². The molecule has 2 bridgehead atoms. The first-order valence-corrected chi connectivity index (χ1v) is 12.9. The summed E-state index contributed by atoms with van der Waals surface area (Å²) in [6.45, 7) is 0. The Hall–Kier alpha value is -5.20. The number of phenolic OH excluding ortho intramolecular Hbond substituents is 7. The third-order valence-corrected chi connectivity index (χ3v) is 8.04. The maximum atomic E-state index is 11.9. The summed E-state index contributed by atoms with van der Waals surface area (Å²) in [5, 5.41) is 94.4. The second-order valence-electron chi connectivity index (χ2n) is 10.6. The van der Waals surface area contributed by atoms with Crippen LogP contribution < -0.4 is 14.2 Å².